The van der Waals surface area contributed by atoms with Crippen LogP contribution < -0.4 is 5.32 Å². The van der Waals surface area contributed by atoms with Crippen molar-refractivity contribution in [2.75, 3.05) is 18.4 Å². The molecule has 0 bridgehead atoms. The minimum atomic E-state index is 0.0353. The molecule has 1 aromatic carbocycles. The fourth-order valence-electron chi connectivity index (χ4n) is 3.61. The zero-order valence-corrected chi connectivity index (χ0v) is 18.0. The number of benzene rings is 1. The highest BCUT2D eigenvalue weighted by Crippen LogP contribution is 2.32. The summed E-state index contributed by atoms with van der Waals surface area (Å²) < 4.78 is 0. The van der Waals surface area contributed by atoms with Crippen molar-refractivity contribution in [1.82, 2.24) is 19.9 Å². The first-order valence-electron chi connectivity index (χ1n) is 10.1. The van der Waals surface area contributed by atoms with Gasteiger partial charge in [0, 0.05) is 42.4 Å². The topological polar surface area (TPSA) is 71.0 Å². The molecule has 1 aliphatic rings. The molecule has 1 aliphatic heterocycles. The number of likely N-dealkylation sites (tertiary alicyclic amines) is 1. The fourth-order valence-corrected chi connectivity index (χ4v) is 4.42. The predicted molar refractivity (Wildman–Crippen MR) is 121 cm³/mol. The predicted octanol–water partition coefficient (Wildman–Crippen LogP) is 4.71. The second-order valence-corrected chi connectivity index (χ2v) is 8.65. The van der Waals surface area contributed by atoms with Gasteiger partial charge in [0.2, 0.25) is 5.91 Å². The first-order chi connectivity index (χ1) is 14.6. The molecular weight excluding hydrogens is 394 g/mol. The molecule has 2 aromatic heterocycles. The molecule has 4 rings (SSSR count). The number of thiazole rings is 1. The van der Waals surface area contributed by atoms with Gasteiger partial charge in [0.05, 0.1) is 11.4 Å². The monoisotopic (exact) mass is 419 g/mol. The Balaban J connectivity index is 1.48. The highest BCUT2D eigenvalue weighted by atomic mass is 32.1. The minimum absolute atomic E-state index is 0.0353. The van der Waals surface area contributed by atoms with Crippen LogP contribution >= 0.6 is 11.3 Å². The van der Waals surface area contributed by atoms with Crippen molar-refractivity contribution < 1.29 is 4.79 Å². The van der Waals surface area contributed by atoms with Crippen LogP contribution in [0.5, 0.6) is 0 Å². The summed E-state index contributed by atoms with van der Waals surface area (Å²) >= 11 is 1.61. The van der Waals surface area contributed by atoms with Crippen LogP contribution in [0.15, 0.2) is 48.8 Å². The Kier molecular flexibility index (Phi) is 6.18. The molecule has 1 fully saturated rings. The van der Waals surface area contributed by atoms with E-state index < -0.39 is 0 Å². The number of aryl methyl sites for hydroxylation is 2. The number of hydrogen-bond donors (Lipinski definition) is 1. The molecule has 1 amide bonds. The van der Waals surface area contributed by atoms with Crippen molar-refractivity contribution in [1.29, 1.82) is 0 Å². The summed E-state index contributed by atoms with van der Waals surface area (Å²) in [7, 11) is 0. The van der Waals surface area contributed by atoms with E-state index >= 15 is 0 Å². The van der Waals surface area contributed by atoms with Gasteiger partial charge in [-0.2, -0.15) is 0 Å². The standard InChI is InChI=1S/C23H25N5OS/c1-16-17(2)30-23(26-16)27-22-21(24-12-13-25-22)19-9-6-14-28(15-19)20(29)11-10-18-7-4-3-5-8-18/h3-5,7-8,10-13,19H,6,9,14-15H2,1-2H3,(H,25,26,27)/b11-10+. The number of nitrogens with zero attached hydrogens (tertiary/aromatic N) is 4. The van der Waals surface area contributed by atoms with Crippen LogP contribution in [0.25, 0.3) is 6.08 Å². The third-order valence-corrected chi connectivity index (χ3v) is 6.31. The average Bonchev–Trinajstić information content (AvgIpc) is 3.10. The van der Waals surface area contributed by atoms with Gasteiger partial charge in [-0.15, -0.1) is 11.3 Å². The lowest BCUT2D eigenvalue weighted by atomic mass is 9.94. The van der Waals surface area contributed by atoms with Gasteiger partial charge in [-0.1, -0.05) is 30.3 Å². The van der Waals surface area contributed by atoms with Crippen molar-refractivity contribution in [3.8, 4) is 0 Å². The van der Waals surface area contributed by atoms with E-state index in [4.69, 9.17) is 0 Å². The second-order valence-electron chi connectivity index (χ2n) is 7.44. The zero-order valence-electron chi connectivity index (χ0n) is 17.2. The van der Waals surface area contributed by atoms with E-state index in [0.29, 0.717) is 6.54 Å². The molecule has 6 nitrogen and oxygen atoms in total. The molecule has 30 heavy (non-hydrogen) atoms. The largest absolute Gasteiger partial charge is 0.338 e. The average molecular weight is 420 g/mol. The number of aromatic nitrogens is 3. The van der Waals surface area contributed by atoms with E-state index in [1.807, 2.05) is 48.2 Å². The molecule has 0 spiro atoms. The minimum Gasteiger partial charge on any atom is -0.338 e. The van der Waals surface area contributed by atoms with Crippen LogP contribution in [0, 0.1) is 13.8 Å². The van der Waals surface area contributed by atoms with E-state index in [1.54, 1.807) is 29.8 Å². The first-order valence-corrected chi connectivity index (χ1v) is 11.0. The summed E-state index contributed by atoms with van der Waals surface area (Å²) in [4.78, 5) is 29.5. The van der Waals surface area contributed by atoms with Crippen LogP contribution in [0.1, 0.15) is 40.6 Å². The quantitative estimate of drug-likeness (QED) is 0.606. The highest BCUT2D eigenvalue weighted by Gasteiger charge is 2.27. The normalized spacial score (nSPS) is 16.7. The van der Waals surface area contributed by atoms with Gasteiger partial charge in [0.15, 0.2) is 10.9 Å². The van der Waals surface area contributed by atoms with E-state index in [1.165, 1.54) is 4.88 Å². The maximum absolute atomic E-state index is 12.7. The SMILES string of the molecule is Cc1nc(Nc2nccnc2C2CCCN(C(=O)/C=C/c3ccccc3)C2)sc1C. The Morgan fingerprint density at radius 3 is 2.77 bits per heavy atom. The lowest BCUT2D eigenvalue weighted by Gasteiger charge is -2.32. The lowest BCUT2D eigenvalue weighted by Crippen LogP contribution is -2.38. The fraction of sp³-hybridized carbons (Fsp3) is 0.304. The van der Waals surface area contributed by atoms with E-state index in [0.717, 1.165) is 47.3 Å². The maximum atomic E-state index is 12.7. The number of carbonyl (C=O) groups is 1. The zero-order chi connectivity index (χ0) is 20.9. The molecule has 1 saturated heterocycles. The number of hydrogen-bond acceptors (Lipinski definition) is 6. The van der Waals surface area contributed by atoms with Crippen LogP contribution in [0.2, 0.25) is 0 Å². The van der Waals surface area contributed by atoms with Crippen molar-refractivity contribution in [3.63, 3.8) is 0 Å². The lowest BCUT2D eigenvalue weighted by molar-refractivity contribution is -0.127. The van der Waals surface area contributed by atoms with E-state index in [2.05, 4.69) is 27.2 Å². The summed E-state index contributed by atoms with van der Waals surface area (Å²) in [5, 5.41) is 4.16. The summed E-state index contributed by atoms with van der Waals surface area (Å²) in [6.45, 7) is 5.47. The number of nitrogens with one attached hydrogen (secondary N) is 1. The molecule has 1 unspecified atom stereocenters. The van der Waals surface area contributed by atoms with Crippen molar-refractivity contribution >= 4 is 34.3 Å². The van der Waals surface area contributed by atoms with Crippen LogP contribution in [-0.4, -0.2) is 38.8 Å². The van der Waals surface area contributed by atoms with Gasteiger partial charge in [-0.05, 0) is 38.3 Å². The molecule has 0 aliphatic carbocycles. The van der Waals surface area contributed by atoms with Crippen molar-refractivity contribution in [3.05, 3.63) is 70.6 Å². The van der Waals surface area contributed by atoms with Crippen LogP contribution in [-0.2, 0) is 4.79 Å². The number of carbonyl (C=O) groups excluding carboxylic acids is 1. The number of rotatable bonds is 5. The molecule has 0 radical (unpaired) electrons. The Labute approximate surface area is 180 Å². The maximum Gasteiger partial charge on any atom is 0.246 e. The Bertz CT molecular complexity index is 1030. The number of amides is 1. The first kappa shape index (κ1) is 20.2. The number of anilines is 2. The highest BCUT2D eigenvalue weighted by molar-refractivity contribution is 7.15. The molecular formula is C23H25N5OS. The van der Waals surface area contributed by atoms with E-state index in [-0.39, 0.29) is 11.8 Å². The number of piperidine rings is 1. The van der Waals surface area contributed by atoms with E-state index in [9.17, 15) is 4.79 Å². The Morgan fingerprint density at radius 2 is 2.00 bits per heavy atom. The molecule has 1 atom stereocenters. The van der Waals surface area contributed by atoms with Gasteiger partial charge in [-0.25, -0.2) is 9.97 Å². The molecule has 154 valence electrons. The summed E-state index contributed by atoms with van der Waals surface area (Å²) in [6.07, 6.45) is 8.86. The third kappa shape index (κ3) is 4.74. The second kappa shape index (κ2) is 9.17. The van der Waals surface area contributed by atoms with Crippen molar-refractivity contribution in [2.45, 2.75) is 32.6 Å². The summed E-state index contributed by atoms with van der Waals surface area (Å²) in [5.74, 6) is 0.907. The third-order valence-electron chi connectivity index (χ3n) is 5.32. The van der Waals surface area contributed by atoms with Gasteiger partial charge >= 0.3 is 0 Å². The van der Waals surface area contributed by atoms with Gasteiger partial charge in [-0.3, -0.25) is 9.78 Å². The Hall–Kier alpha value is -3.06. The molecule has 1 N–H and O–H groups in total. The smallest absolute Gasteiger partial charge is 0.246 e. The van der Waals surface area contributed by atoms with Gasteiger partial charge < -0.3 is 10.2 Å². The Morgan fingerprint density at radius 1 is 1.20 bits per heavy atom. The molecule has 3 heterocycles. The van der Waals surface area contributed by atoms with Crippen molar-refractivity contribution in [2.24, 2.45) is 0 Å². The molecule has 7 heteroatoms. The van der Waals surface area contributed by atoms with Crippen LogP contribution in [0.4, 0.5) is 10.9 Å². The van der Waals surface area contributed by atoms with Gasteiger partial charge in [0.25, 0.3) is 0 Å². The summed E-state index contributed by atoms with van der Waals surface area (Å²) in [6, 6.07) is 9.88. The molecule has 0 saturated carbocycles. The van der Waals surface area contributed by atoms with Crippen LogP contribution in [0.3, 0.4) is 0 Å². The molecule has 3 aromatic rings. The summed E-state index contributed by atoms with van der Waals surface area (Å²) in [5.41, 5.74) is 2.94. The van der Waals surface area contributed by atoms with Gasteiger partial charge in [0.1, 0.15) is 0 Å².